The lowest BCUT2D eigenvalue weighted by molar-refractivity contribution is -0.143. The van der Waals surface area contributed by atoms with Crippen molar-refractivity contribution in [1.82, 2.24) is 10.1 Å². The number of piperidine rings is 1. The van der Waals surface area contributed by atoms with Gasteiger partial charge in [-0.25, -0.2) is 4.79 Å². The Labute approximate surface area is 172 Å². The van der Waals surface area contributed by atoms with E-state index in [1.165, 1.54) is 16.7 Å². The fraction of sp³-hybridized carbons (Fsp3) is 0.400. The average Bonchev–Trinajstić information content (AvgIpc) is 3.15. The van der Waals surface area contributed by atoms with E-state index >= 15 is 0 Å². The van der Waals surface area contributed by atoms with Gasteiger partial charge in [0.15, 0.2) is 6.61 Å². The zero-order valence-corrected chi connectivity index (χ0v) is 16.9. The summed E-state index contributed by atoms with van der Waals surface area (Å²) in [6.07, 6.45) is 2.17. The Hall–Kier alpha value is -2.81. The van der Waals surface area contributed by atoms with Gasteiger partial charge in [0.1, 0.15) is 11.8 Å². The molecular weight excluding hydrogens is 394 g/mol. The number of nitrogens with zero attached hydrogens (tertiary/aromatic N) is 2. The van der Waals surface area contributed by atoms with Gasteiger partial charge in [-0.15, -0.1) is 11.8 Å². The molecule has 0 spiro atoms. The largest absolute Gasteiger partial charge is 0.452 e. The van der Waals surface area contributed by atoms with Gasteiger partial charge in [-0.2, -0.15) is 0 Å². The number of primary amides is 1. The highest BCUT2D eigenvalue weighted by atomic mass is 32.2. The van der Waals surface area contributed by atoms with Gasteiger partial charge in [0.25, 0.3) is 5.91 Å². The van der Waals surface area contributed by atoms with Crippen molar-refractivity contribution in [3.05, 3.63) is 47.3 Å². The summed E-state index contributed by atoms with van der Waals surface area (Å²) in [5.74, 6) is -0.280. The monoisotopic (exact) mass is 417 g/mol. The van der Waals surface area contributed by atoms with Crippen molar-refractivity contribution < 1.29 is 23.6 Å². The van der Waals surface area contributed by atoms with Crippen LogP contribution in [-0.4, -0.2) is 47.0 Å². The Morgan fingerprint density at radius 1 is 1.31 bits per heavy atom. The molecule has 0 saturated carbocycles. The first-order valence-corrected chi connectivity index (χ1v) is 10.3. The lowest BCUT2D eigenvalue weighted by Crippen LogP contribution is -2.51. The molecule has 154 valence electrons. The molecule has 1 aromatic carbocycles. The Bertz CT molecular complexity index is 898. The van der Waals surface area contributed by atoms with Crippen molar-refractivity contribution in [2.24, 2.45) is 5.73 Å². The number of amides is 2. The molecule has 1 fully saturated rings. The summed E-state index contributed by atoms with van der Waals surface area (Å²) in [5.41, 5.74) is 6.53. The van der Waals surface area contributed by atoms with Crippen molar-refractivity contribution >= 4 is 29.5 Å². The third-order valence-electron chi connectivity index (χ3n) is 4.64. The maximum Gasteiger partial charge on any atom is 0.339 e. The first-order valence-electron chi connectivity index (χ1n) is 9.35. The number of hydrogen-bond acceptors (Lipinski definition) is 7. The van der Waals surface area contributed by atoms with E-state index in [2.05, 4.69) is 5.16 Å². The predicted octanol–water partition coefficient (Wildman–Crippen LogP) is 2.30. The molecule has 1 aliphatic rings. The van der Waals surface area contributed by atoms with Crippen molar-refractivity contribution in [3.8, 4) is 0 Å². The predicted molar refractivity (Wildman–Crippen MR) is 106 cm³/mol. The third-order valence-corrected chi connectivity index (χ3v) is 5.74. The van der Waals surface area contributed by atoms with E-state index in [4.69, 9.17) is 15.0 Å². The van der Waals surface area contributed by atoms with E-state index in [1.54, 1.807) is 12.1 Å². The summed E-state index contributed by atoms with van der Waals surface area (Å²) in [7, 11) is 0. The molecule has 1 atom stereocenters. The van der Waals surface area contributed by atoms with Gasteiger partial charge in [-0.05, 0) is 38.3 Å². The minimum Gasteiger partial charge on any atom is -0.452 e. The normalized spacial score (nSPS) is 16.4. The topological polar surface area (TPSA) is 116 Å². The van der Waals surface area contributed by atoms with E-state index in [-0.39, 0.29) is 0 Å². The Balaban J connectivity index is 1.60. The van der Waals surface area contributed by atoms with Gasteiger partial charge < -0.3 is 19.9 Å². The number of hydrogen-bond donors (Lipinski definition) is 1. The van der Waals surface area contributed by atoms with E-state index < -0.39 is 30.4 Å². The van der Waals surface area contributed by atoms with Gasteiger partial charge >= 0.3 is 5.97 Å². The molecule has 0 bridgehead atoms. The molecule has 2 amide bonds. The van der Waals surface area contributed by atoms with Crippen LogP contribution in [-0.2, 0) is 20.1 Å². The van der Waals surface area contributed by atoms with Gasteiger partial charge in [0.05, 0.1) is 11.3 Å². The van der Waals surface area contributed by atoms with Crippen LogP contribution >= 0.6 is 11.8 Å². The minimum absolute atomic E-state index is 0.371. The van der Waals surface area contributed by atoms with Crippen LogP contribution in [0.2, 0.25) is 0 Å². The number of carbonyl (C=O) groups is 3. The van der Waals surface area contributed by atoms with Crippen molar-refractivity contribution in [3.63, 3.8) is 0 Å². The van der Waals surface area contributed by atoms with Crippen molar-refractivity contribution in [1.29, 1.82) is 0 Å². The molecule has 1 saturated heterocycles. The number of ether oxygens (including phenoxy) is 1. The lowest BCUT2D eigenvalue weighted by atomic mass is 10.0. The summed E-state index contributed by atoms with van der Waals surface area (Å²) in [6.45, 7) is 1.83. The van der Waals surface area contributed by atoms with Crippen LogP contribution in [0.1, 0.15) is 41.1 Å². The molecule has 29 heavy (non-hydrogen) atoms. The molecule has 2 N–H and O–H groups in total. The molecule has 0 radical (unpaired) electrons. The molecule has 3 rings (SSSR count). The van der Waals surface area contributed by atoms with E-state index in [1.807, 2.05) is 25.1 Å². The number of esters is 1. The first-order chi connectivity index (χ1) is 14.0. The zero-order chi connectivity index (χ0) is 20.8. The smallest absolute Gasteiger partial charge is 0.339 e. The van der Waals surface area contributed by atoms with Crippen molar-refractivity contribution in [2.45, 2.75) is 42.9 Å². The Kier molecular flexibility index (Phi) is 6.92. The van der Waals surface area contributed by atoms with Gasteiger partial charge in [0.2, 0.25) is 5.91 Å². The Morgan fingerprint density at radius 2 is 2.10 bits per heavy atom. The highest BCUT2D eigenvalue weighted by Crippen LogP contribution is 2.27. The summed E-state index contributed by atoms with van der Waals surface area (Å²) < 4.78 is 10.3. The first kappa shape index (κ1) is 20.9. The zero-order valence-electron chi connectivity index (χ0n) is 16.1. The fourth-order valence-electron chi connectivity index (χ4n) is 3.21. The second-order valence-corrected chi connectivity index (χ2v) is 7.81. The highest BCUT2D eigenvalue weighted by molar-refractivity contribution is 7.98. The van der Waals surface area contributed by atoms with E-state index in [0.29, 0.717) is 24.3 Å². The van der Waals surface area contributed by atoms with E-state index in [0.717, 1.165) is 29.2 Å². The summed E-state index contributed by atoms with van der Waals surface area (Å²) >= 11 is 1.43. The number of likely N-dealkylation sites (tertiary alicyclic amines) is 1. The second kappa shape index (κ2) is 9.60. The number of aromatic nitrogens is 1. The second-order valence-electron chi connectivity index (χ2n) is 6.79. The number of benzene rings is 1. The van der Waals surface area contributed by atoms with Crippen LogP contribution < -0.4 is 5.73 Å². The number of aryl methyl sites for hydroxylation is 1. The van der Waals surface area contributed by atoms with Crippen LogP contribution in [0.4, 0.5) is 0 Å². The van der Waals surface area contributed by atoms with E-state index in [9.17, 15) is 14.4 Å². The summed E-state index contributed by atoms with van der Waals surface area (Å²) in [6, 6.07) is 8.21. The van der Waals surface area contributed by atoms with Crippen LogP contribution in [0.3, 0.4) is 0 Å². The summed E-state index contributed by atoms with van der Waals surface area (Å²) in [5, 5.41) is 3.94. The molecule has 0 unspecified atom stereocenters. The standard InChI is InChI=1S/C20H23N3O5S/c1-13-10-14(22-28-13)12-29-17-8-3-2-6-15(17)20(26)27-11-18(24)23-9-5-4-7-16(23)19(21)25/h2-3,6,8,10,16H,4-5,7,9,11-12H2,1H3,(H2,21,25)/t16-/m1/s1. The molecule has 2 heterocycles. The molecule has 9 heteroatoms. The maximum atomic E-state index is 12.6. The number of thioether (sulfide) groups is 1. The maximum absolute atomic E-state index is 12.6. The van der Waals surface area contributed by atoms with Crippen LogP contribution in [0, 0.1) is 6.92 Å². The van der Waals surface area contributed by atoms with Crippen LogP contribution in [0.25, 0.3) is 0 Å². The molecule has 1 aliphatic heterocycles. The quantitative estimate of drug-likeness (QED) is 0.543. The Morgan fingerprint density at radius 3 is 2.83 bits per heavy atom. The molecule has 1 aromatic heterocycles. The molecule has 0 aliphatic carbocycles. The average molecular weight is 417 g/mol. The van der Waals surface area contributed by atoms with Crippen LogP contribution in [0.15, 0.2) is 39.8 Å². The number of rotatable bonds is 7. The van der Waals surface area contributed by atoms with Crippen LogP contribution in [0.5, 0.6) is 0 Å². The van der Waals surface area contributed by atoms with Gasteiger partial charge in [-0.3, -0.25) is 9.59 Å². The number of carbonyl (C=O) groups excluding carboxylic acids is 3. The summed E-state index contributed by atoms with van der Waals surface area (Å²) in [4.78, 5) is 38.7. The minimum atomic E-state index is -0.635. The van der Waals surface area contributed by atoms with Crippen molar-refractivity contribution in [2.75, 3.05) is 13.2 Å². The van der Waals surface area contributed by atoms with Gasteiger partial charge in [-0.1, -0.05) is 17.3 Å². The highest BCUT2D eigenvalue weighted by Gasteiger charge is 2.31. The fourth-order valence-corrected chi connectivity index (χ4v) is 4.13. The molecular formula is C20H23N3O5S. The molecule has 2 aromatic rings. The van der Waals surface area contributed by atoms with Gasteiger partial charge in [0, 0.05) is 23.3 Å². The third kappa shape index (κ3) is 5.38. The number of nitrogens with two attached hydrogens (primary N) is 1. The SMILES string of the molecule is Cc1cc(CSc2ccccc2C(=O)OCC(=O)N2CCCC[C@@H]2C(N)=O)no1. The lowest BCUT2D eigenvalue weighted by Gasteiger charge is -2.33. The molecule has 8 nitrogen and oxygen atoms in total.